The third-order valence-electron chi connectivity index (χ3n) is 4.16. The van der Waals surface area contributed by atoms with Crippen molar-refractivity contribution in [2.24, 2.45) is 0 Å². The molecule has 0 aliphatic heterocycles. The van der Waals surface area contributed by atoms with Gasteiger partial charge in [0.25, 0.3) is 5.91 Å². The van der Waals surface area contributed by atoms with Crippen LogP contribution in [0.3, 0.4) is 0 Å². The van der Waals surface area contributed by atoms with Gasteiger partial charge in [0.1, 0.15) is 11.6 Å². The molecule has 0 saturated heterocycles. The zero-order valence-electron chi connectivity index (χ0n) is 16.1. The second-order valence-corrected chi connectivity index (χ2v) is 7.40. The Morgan fingerprint density at radius 1 is 1.03 bits per heavy atom. The van der Waals surface area contributed by atoms with Gasteiger partial charge in [0.2, 0.25) is 11.7 Å². The number of hydrogen-bond acceptors (Lipinski definition) is 5. The average Bonchev–Trinajstić information content (AvgIpc) is 3.40. The summed E-state index contributed by atoms with van der Waals surface area (Å²) in [6.07, 6.45) is 0. The first-order valence-electron chi connectivity index (χ1n) is 9.06. The van der Waals surface area contributed by atoms with Crippen LogP contribution in [0.15, 0.2) is 60.0 Å². The number of rotatable bonds is 5. The summed E-state index contributed by atoms with van der Waals surface area (Å²) in [4.78, 5) is 29.0. The van der Waals surface area contributed by atoms with Crippen LogP contribution in [0.4, 0.5) is 20.2 Å². The summed E-state index contributed by atoms with van der Waals surface area (Å²) in [5, 5.41) is 11.0. The zero-order chi connectivity index (χ0) is 22.0. The second-order valence-electron chi connectivity index (χ2n) is 6.45. The predicted octanol–water partition coefficient (Wildman–Crippen LogP) is 4.48. The topological polar surface area (TPSA) is 88.9 Å². The van der Waals surface area contributed by atoms with E-state index in [1.807, 2.05) is 17.5 Å². The normalized spacial score (nSPS) is 10.7. The van der Waals surface area contributed by atoms with Crippen LogP contribution < -0.4 is 10.6 Å². The van der Waals surface area contributed by atoms with Crippen molar-refractivity contribution in [1.82, 2.24) is 14.8 Å². The lowest BCUT2D eigenvalue weighted by Gasteiger charge is -2.07. The zero-order valence-corrected chi connectivity index (χ0v) is 16.9. The number of nitrogens with one attached hydrogen (secondary N) is 2. The fourth-order valence-electron chi connectivity index (χ4n) is 2.82. The number of hydrogen-bond donors (Lipinski definition) is 2. The summed E-state index contributed by atoms with van der Waals surface area (Å²) in [6.45, 7) is 1.32. The number of halogens is 2. The van der Waals surface area contributed by atoms with E-state index >= 15 is 0 Å². The van der Waals surface area contributed by atoms with E-state index in [2.05, 4.69) is 20.7 Å². The Morgan fingerprint density at radius 3 is 2.48 bits per heavy atom. The van der Waals surface area contributed by atoms with E-state index < -0.39 is 17.5 Å². The molecule has 0 spiro atoms. The lowest BCUT2D eigenvalue weighted by Crippen LogP contribution is -2.16. The van der Waals surface area contributed by atoms with Crippen molar-refractivity contribution in [3.8, 4) is 16.4 Å². The molecule has 31 heavy (non-hydrogen) atoms. The number of nitrogens with zero attached hydrogens (tertiary/aromatic N) is 3. The second kappa shape index (κ2) is 8.44. The van der Waals surface area contributed by atoms with Gasteiger partial charge in [-0.2, -0.15) is 0 Å². The van der Waals surface area contributed by atoms with Gasteiger partial charge >= 0.3 is 0 Å². The van der Waals surface area contributed by atoms with Gasteiger partial charge in [0, 0.05) is 12.6 Å². The summed E-state index contributed by atoms with van der Waals surface area (Å²) in [7, 11) is 0. The molecule has 4 aromatic rings. The number of carbonyl (C=O) groups excluding carboxylic acids is 2. The summed E-state index contributed by atoms with van der Waals surface area (Å²) >= 11 is 1.40. The standard InChI is InChI=1S/C21H15F2N5O2S/c1-12(29)24-14-6-9-16(23)17(11-14)25-21(30)19-26-20(18-3-2-10-31-18)28(27-19)15-7-4-13(22)5-8-15/h2-11H,1H3,(H,24,29)(H,25,30). The van der Waals surface area contributed by atoms with Gasteiger partial charge in [-0.3, -0.25) is 9.59 Å². The van der Waals surface area contributed by atoms with Crippen molar-refractivity contribution in [3.05, 3.63) is 77.4 Å². The Hall–Kier alpha value is -3.92. The lowest BCUT2D eigenvalue weighted by molar-refractivity contribution is -0.114. The molecule has 2 heterocycles. The fourth-order valence-corrected chi connectivity index (χ4v) is 3.51. The predicted molar refractivity (Wildman–Crippen MR) is 113 cm³/mol. The maximum Gasteiger partial charge on any atom is 0.295 e. The first-order chi connectivity index (χ1) is 14.9. The van der Waals surface area contributed by atoms with Crippen LogP contribution in [0.25, 0.3) is 16.4 Å². The van der Waals surface area contributed by atoms with E-state index in [9.17, 15) is 18.4 Å². The van der Waals surface area contributed by atoms with E-state index in [1.165, 1.54) is 59.3 Å². The Kier molecular flexibility index (Phi) is 5.54. The van der Waals surface area contributed by atoms with Crippen molar-refractivity contribution in [2.75, 3.05) is 10.6 Å². The molecule has 0 saturated carbocycles. The van der Waals surface area contributed by atoms with Crippen LogP contribution in [0, 0.1) is 11.6 Å². The smallest absolute Gasteiger partial charge is 0.295 e. The molecule has 2 aromatic carbocycles. The van der Waals surface area contributed by atoms with Crippen LogP contribution >= 0.6 is 11.3 Å². The lowest BCUT2D eigenvalue weighted by atomic mass is 10.2. The first kappa shape index (κ1) is 20.4. The van der Waals surface area contributed by atoms with E-state index in [4.69, 9.17) is 0 Å². The van der Waals surface area contributed by atoms with Crippen molar-refractivity contribution < 1.29 is 18.4 Å². The minimum Gasteiger partial charge on any atom is -0.326 e. The third kappa shape index (κ3) is 4.48. The maximum absolute atomic E-state index is 14.2. The highest BCUT2D eigenvalue weighted by Crippen LogP contribution is 2.26. The van der Waals surface area contributed by atoms with Crippen LogP contribution in [0.5, 0.6) is 0 Å². The SMILES string of the molecule is CC(=O)Nc1ccc(F)c(NC(=O)c2nc(-c3cccs3)n(-c3ccc(F)cc3)n2)c1. The molecule has 0 aliphatic rings. The van der Waals surface area contributed by atoms with Gasteiger partial charge in [0.05, 0.1) is 16.3 Å². The molecular formula is C21H15F2N5O2S. The number of benzene rings is 2. The molecule has 10 heteroatoms. The van der Waals surface area contributed by atoms with Gasteiger partial charge in [0.15, 0.2) is 5.82 Å². The van der Waals surface area contributed by atoms with Crippen LogP contribution in [-0.2, 0) is 4.79 Å². The number of anilines is 2. The Bertz CT molecular complexity index is 1250. The fraction of sp³-hybridized carbons (Fsp3) is 0.0476. The molecule has 0 radical (unpaired) electrons. The molecule has 7 nitrogen and oxygen atoms in total. The number of carbonyl (C=O) groups is 2. The molecule has 2 N–H and O–H groups in total. The van der Waals surface area contributed by atoms with Gasteiger partial charge in [-0.1, -0.05) is 6.07 Å². The van der Waals surface area contributed by atoms with Crippen molar-refractivity contribution in [1.29, 1.82) is 0 Å². The maximum atomic E-state index is 14.2. The van der Waals surface area contributed by atoms with Crippen LogP contribution in [-0.4, -0.2) is 26.6 Å². The highest BCUT2D eigenvalue weighted by molar-refractivity contribution is 7.13. The van der Waals surface area contributed by atoms with Crippen molar-refractivity contribution in [2.45, 2.75) is 6.92 Å². The number of aromatic nitrogens is 3. The molecule has 0 bridgehead atoms. The van der Waals surface area contributed by atoms with Crippen LogP contribution in [0.1, 0.15) is 17.5 Å². The molecule has 0 atom stereocenters. The highest BCUT2D eigenvalue weighted by atomic mass is 32.1. The number of amides is 2. The third-order valence-corrected chi connectivity index (χ3v) is 5.02. The van der Waals surface area contributed by atoms with Gasteiger partial charge in [-0.25, -0.2) is 18.4 Å². The summed E-state index contributed by atoms with van der Waals surface area (Å²) in [6, 6.07) is 13.0. The molecular weight excluding hydrogens is 424 g/mol. The molecule has 0 aliphatic carbocycles. The quantitative estimate of drug-likeness (QED) is 0.480. The molecule has 2 aromatic heterocycles. The summed E-state index contributed by atoms with van der Waals surface area (Å²) in [5.74, 6) is -1.97. The highest BCUT2D eigenvalue weighted by Gasteiger charge is 2.20. The minimum absolute atomic E-state index is 0.132. The molecule has 0 fully saturated rings. The molecule has 4 rings (SSSR count). The Labute approximate surface area is 179 Å². The Balaban J connectivity index is 1.68. The number of thiophene rings is 1. The monoisotopic (exact) mass is 439 g/mol. The van der Waals surface area contributed by atoms with E-state index in [0.717, 1.165) is 10.9 Å². The molecule has 156 valence electrons. The van der Waals surface area contributed by atoms with Gasteiger partial charge in [-0.15, -0.1) is 16.4 Å². The van der Waals surface area contributed by atoms with Gasteiger partial charge < -0.3 is 10.6 Å². The van der Waals surface area contributed by atoms with Gasteiger partial charge in [-0.05, 0) is 53.9 Å². The molecule has 2 amide bonds. The average molecular weight is 439 g/mol. The molecule has 0 unspecified atom stereocenters. The minimum atomic E-state index is -0.738. The van der Waals surface area contributed by atoms with E-state index in [-0.39, 0.29) is 17.4 Å². The summed E-state index contributed by atoms with van der Waals surface area (Å²) in [5.41, 5.74) is 0.704. The first-order valence-corrected chi connectivity index (χ1v) is 9.94. The van der Waals surface area contributed by atoms with E-state index in [1.54, 1.807) is 0 Å². The largest absolute Gasteiger partial charge is 0.326 e. The van der Waals surface area contributed by atoms with E-state index in [0.29, 0.717) is 17.2 Å². The van der Waals surface area contributed by atoms with Crippen molar-refractivity contribution >= 4 is 34.5 Å². The summed E-state index contributed by atoms with van der Waals surface area (Å²) < 4.78 is 28.9. The van der Waals surface area contributed by atoms with Crippen LogP contribution in [0.2, 0.25) is 0 Å². The Morgan fingerprint density at radius 2 is 1.81 bits per heavy atom. The van der Waals surface area contributed by atoms with Crippen molar-refractivity contribution in [3.63, 3.8) is 0 Å².